The number of pyridine rings is 1. The van der Waals surface area contributed by atoms with Crippen LogP contribution in [0, 0.1) is 5.92 Å². The molecule has 5 nitrogen and oxygen atoms in total. The van der Waals surface area contributed by atoms with Crippen molar-refractivity contribution in [2.75, 3.05) is 6.54 Å². The summed E-state index contributed by atoms with van der Waals surface area (Å²) >= 11 is 0. The van der Waals surface area contributed by atoms with Gasteiger partial charge in [0, 0.05) is 18.3 Å². The summed E-state index contributed by atoms with van der Waals surface area (Å²) in [7, 11) is 0. The number of primary amides is 1. The first-order valence-electron chi connectivity index (χ1n) is 9.99. The van der Waals surface area contributed by atoms with E-state index in [1.165, 1.54) is 49.4 Å². The molecule has 0 saturated heterocycles. The summed E-state index contributed by atoms with van der Waals surface area (Å²) < 4.78 is 5.84. The number of nitrogens with one attached hydrogen (secondary N) is 1. The van der Waals surface area contributed by atoms with Gasteiger partial charge in [0.25, 0.3) is 0 Å². The summed E-state index contributed by atoms with van der Waals surface area (Å²) in [5.74, 6) is 1.68. The molecule has 1 aromatic carbocycles. The van der Waals surface area contributed by atoms with E-state index in [1.54, 1.807) is 12.1 Å². The Hall–Kier alpha value is -2.40. The number of benzene rings is 1. The van der Waals surface area contributed by atoms with E-state index in [9.17, 15) is 4.79 Å². The van der Waals surface area contributed by atoms with Crippen molar-refractivity contribution in [2.24, 2.45) is 11.7 Å². The normalized spacial score (nSPS) is 19.2. The smallest absolute Gasteiger partial charge is 0.250 e. The van der Waals surface area contributed by atoms with Gasteiger partial charge >= 0.3 is 0 Å². The Morgan fingerprint density at radius 3 is 2.78 bits per heavy atom. The van der Waals surface area contributed by atoms with Crippen molar-refractivity contribution in [1.29, 1.82) is 0 Å². The van der Waals surface area contributed by atoms with Gasteiger partial charge in [-0.3, -0.25) is 4.79 Å². The average Bonchev–Trinajstić information content (AvgIpc) is 3.32. The highest BCUT2D eigenvalue weighted by Gasteiger charge is 2.23. The Morgan fingerprint density at radius 1 is 1.19 bits per heavy atom. The zero-order chi connectivity index (χ0) is 18.6. The molecule has 4 rings (SSSR count). The van der Waals surface area contributed by atoms with Crippen LogP contribution in [0.3, 0.4) is 0 Å². The zero-order valence-corrected chi connectivity index (χ0v) is 15.6. The number of hydrogen-bond acceptors (Lipinski definition) is 4. The summed E-state index contributed by atoms with van der Waals surface area (Å²) in [6.45, 7) is 1.11. The van der Waals surface area contributed by atoms with Crippen LogP contribution in [-0.4, -0.2) is 17.4 Å². The van der Waals surface area contributed by atoms with Crippen LogP contribution in [0.4, 0.5) is 0 Å². The van der Waals surface area contributed by atoms with Crippen LogP contribution >= 0.6 is 0 Å². The molecule has 5 heteroatoms. The van der Waals surface area contributed by atoms with Crippen LogP contribution in [0.25, 0.3) is 0 Å². The predicted octanol–water partition coefficient (Wildman–Crippen LogP) is 4.13. The number of carbonyl (C=O) groups excluding carboxylic acids is 1. The van der Waals surface area contributed by atoms with Crippen LogP contribution in [0.2, 0.25) is 0 Å². The molecule has 2 aliphatic rings. The molecule has 1 fully saturated rings. The van der Waals surface area contributed by atoms with Crippen LogP contribution < -0.4 is 15.8 Å². The first-order valence-corrected chi connectivity index (χ1v) is 9.99. The van der Waals surface area contributed by atoms with E-state index in [-0.39, 0.29) is 0 Å². The number of hydrogen-bond donors (Lipinski definition) is 2. The summed E-state index contributed by atoms with van der Waals surface area (Å²) in [6.07, 6.45) is 10.6. The summed E-state index contributed by atoms with van der Waals surface area (Å²) in [5, 5.41) is 3.75. The van der Waals surface area contributed by atoms with E-state index in [2.05, 4.69) is 22.4 Å². The van der Waals surface area contributed by atoms with Gasteiger partial charge in [-0.25, -0.2) is 4.98 Å². The average molecular weight is 365 g/mol. The molecule has 0 aliphatic heterocycles. The fraction of sp³-hybridized carbons (Fsp3) is 0.455. The largest absolute Gasteiger partial charge is 0.439 e. The van der Waals surface area contributed by atoms with Gasteiger partial charge in [-0.05, 0) is 61.1 Å². The van der Waals surface area contributed by atoms with Crippen molar-refractivity contribution in [3.63, 3.8) is 0 Å². The van der Waals surface area contributed by atoms with Gasteiger partial charge < -0.3 is 15.8 Å². The number of ether oxygens (including phenoxy) is 1. The Balaban J connectivity index is 1.35. The molecular formula is C22H27N3O2. The minimum atomic E-state index is -0.488. The van der Waals surface area contributed by atoms with Gasteiger partial charge in [-0.2, -0.15) is 0 Å². The molecule has 1 unspecified atom stereocenters. The Morgan fingerprint density at radius 2 is 2.04 bits per heavy atom. The van der Waals surface area contributed by atoms with E-state index >= 15 is 0 Å². The number of fused-ring (bicyclic) bond motifs is 1. The third kappa shape index (κ3) is 4.30. The minimum Gasteiger partial charge on any atom is -0.439 e. The van der Waals surface area contributed by atoms with Gasteiger partial charge in [0.1, 0.15) is 5.75 Å². The van der Waals surface area contributed by atoms with Crippen molar-refractivity contribution in [1.82, 2.24) is 10.3 Å². The highest BCUT2D eigenvalue weighted by molar-refractivity contribution is 5.92. The molecule has 1 saturated carbocycles. The Labute approximate surface area is 160 Å². The van der Waals surface area contributed by atoms with E-state index in [0.29, 0.717) is 17.5 Å². The number of amides is 1. The molecule has 2 aliphatic carbocycles. The predicted molar refractivity (Wildman–Crippen MR) is 105 cm³/mol. The van der Waals surface area contributed by atoms with Crippen LogP contribution in [-0.2, 0) is 6.42 Å². The molecule has 1 heterocycles. The molecule has 1 amide bonds. The maximum atomic E-state index is 11.1. The Bertz CT molecular complexity index is 798. The fourth-order valence-corrected chi connectivity index (χ4v) is 4.34. The number of nitrogens with two attached hydrogens (primary N) is 1. The second-order valence-electron chi connectivity index (χ2n) is 7.70. The van der Waals surface area contributed by atoms with Gasteiger partial charge in [-0.1, -0.05) is 31.7 Å². The summed E-state index contributed by atoms with van der Waals surface area (Å²) in [5.41, 5.74) is 8.35. The van der Waals surface area contributed by atoms with Gasteiger partial charge in [0.2, 0.25) is 11.8 Å². The second-order valence-corrected chi connectivity index (χ2v) is 7.70. The minimum absolute atomic E-state index is 0.378. The van der Waals surface area contributed by atoms with Gasteiger partial charge in [0.15, 0.2) is 0 Å². The van der Waals surface area contributed by atoms with Gasteiger partial charge in [0.05, 0.1) is 5.56 Å². The van der Waals surface area contributed by atoms with Crippen molar-refractivity contribution in [2.45, 2.75) is 51.0 Å². The molecule has 1 aromatic heterocycles. The van der Waals surface area contributed by atoms with Crippen LogP contribution in [0.15, 0.2) is 36.5 Å². The lowest BCUT2D eigenvalue weighted by atomic mass is 10.0. The maximum Gasteiger partial charge on any atom is 0.250 e. The zero-order valence-electron chi connectivity index (χ0n) is 15.6. The van der Waals surface area contributed by atoms with Crippen LogP contribution in [0.5, 0.6) is 11.6 Å². The topological polar surface area (TPSA) is 77.2 Å². The summed E-state index contributed by atoms with van der Waals surface area (Å²) in [4.78, 5) is 15.3. The molecule has 2 aromatic rings. The van der Waals surface area contributed by atoms with Crippen molar-refractivity contribution in [3.8, 4) is 11.6 Å². The monoisotopic (exact) mass is 365 g/mol. The van der Waals surface area contributed by atoms with Crippen molar-refractivity contribution in [3.05, 3.63) is 53.2 Å². The first-order chi connectivity index (χ1) is 13.2. The third-order valence-electron chi connectivity index (χ3n) is 5.85. The number of nitrogens with zero attached hydrogens (tertiary/aromatic N) is 1. The highest BCUT2D eigenvalue weighted by atomic mass is 16.5. The van der Waals surface area contributed by atoms with E-state index in [0.717, 1.165) is 31.1 Å². The van der Waals surface area contributed by atoms with E-state index in [4.69, 9.17) is 10.5 Å². The van der Waals surface area contributed by atoms with Gasteiger partial charge in [-0.15, -0.1) is 0 Å². The fourth-order valence-electron chi connectivity index (χ4n) is 4.34. The number of aromatic nitrogens is 1. The number of rotatable bonds is 7. The SMILES string of the molecule is NC(=O)c1ccc(Oc2ccc3c(c2)CCC3NCCC2CCCC2)nc1. The van der Waals surface area contributed by atoms with Crippen molar-refractivity contribution >= 4 is 5.91 Å². The quantitative estimate of drug-likeness (QED) is 0.773. The lowest BCUT2D eigenvalue weighted by Crippen LogP contribution is -2.21. The first kappa shape index (κ1) is 18.0. The maximum absolute atomic E-state index is 11.1. The lowest BCUT2D eigenvalue weighted by molar-refractivity contribution is 0.1000. The molecule has 0 radical (unpaired) electrons. The summed E-state index contributed by atoms with van der Waals surface area (Å²) in [6, 6.07) is 10.0. The molecule has 1 atom stereocenters. The Kier molecular flexibility index (Phi) is 5.39. The lowest BCUT2D eigenvalue weighted by Gasteiger charge is -2.16. The third-order valence-corrected chi connectivity index (χ3v) is 5.85. The second kappa shape index (κ2) is 8.09. The van der Waals surface area contributed by atoms with E-state index in [1.807, 2.05) is 6.07 Å². The standard InChI is InChI=1S/C22H27N3O2/c23-22(26)17-6-10-21(25-14-17)27-18-7-8-19-16(13-18)5-9-20(19)24-12-11-15-3-1-2-4-15/h6-8,10,13-15,20,24H,1-5,9,11-12H2,(H2,23,26). The molecule has 142 valence electrons. The molecule has 3 N–H and O–H groups in total. The molecule has 27 heavy (non-hydrogen) atoms. The molecular weight excluding hydrogens is 338 g/mol. The molecule has 0 spiro atoms. The molecule has 0 bridgehead atoms. The van der Waals surface area contributed by atoms with E-state index < -0.39 is 5.91 Å². The van der Waals surface area contributed by atoms with Crippen LogP contribution in [0.1, 0.15) is 66.1 Å². The number of aryl methyl sites for hydroxylation is 1. The van der Waals surface area contributed by atoms with Crippen molar-refractivity contribution < 1.29 is 9.53 Å². The number of carbonyl (C=O) groups is 1. The highest BCUT2D eigenvalue weighted by Crippen LogP contribution is 2.35.